The third-order valence-electron chi connectivity index (χ3n) is 6.29. The monoisotopic (exact) mass is 432 g/mol. The minimum absolute atomic E-state index is 0.0394. The molecule has 3 fully saturated rings. The van der Waals surface area contributed by atoms with E-state index in [1.807, 2.05) is 6.92 Å². The van der Waals surface area contributed by atoms with Crippen LogP contribution in [0.3, 0.4) is 0 Å². The van der Waals surface area contributed by atoms with E-state index in [0.29, 0.717) is 12.8 Å². The Morgan fingerprint density at radius 1 is 1.17 bits per heavy atom. The van der Waals surface area contributed by atoms with Crippen LogP contribution in [0.15, 0.2) is 0 Å². The fraction of sp³-hybridized carbons (Fsp3) is 0.889. The quantitative estimate of drug-likeness (QED) is 0.470. The smallest absolute Gasteiger partial charge is 0.434 e. The van der Waals surface area contributed by atoms with Crippen LogP contribution < -0.4 is 0 Å². The van der Waals surface area contributed by atoms with Crippen LogP contribution in [-0.4, -0.2) is 48.7 Å². The van der Waals surface area contributed by atoms with Crippen molar-refractivity contribution in [1.82, 2.24) is 0 Å². The molecule has 29 heavy (non-hydrogen) atoms. The van der Waals surface area contributed by atoms with E-state index in [1.165, 1.54) is 6.92 Å². The molecule has 0 radical (unpaired) electrons. The van der Waals surface area contributed by atoms with Crippen molar-refractivity contribution in [1.29, 1.82) is 0 Å². The molecule has 0 aromatic rings. The van der Waals surface area contributed by atoms with Gasteiger partial charge in [-0.05, 0) is 26.2 Å². The van der Waals surface area contributed by atoms with Gasteiger partial charge in [-0.1, -0.05) is 13.3 Å². The summed E-state index contributed by atoms with van der Waals surface area (Å²) in [5.74, 6) is -3.02. The van der Waals surface area contributed by atoms with Crippen molar-refractivity contribution in [2.24, 2.45) is 17.3 Å². The Kier molecular flexibility index (Phi) is 5.59. The predicted molar refractivity (Wildman–Crippen MR) is 84.4 cm³/mol. The Morgan fingerprint density at radius 2 is 1.79 bits per heavy atom. The standard InChI is InChI=1S/C18H22F6O5/c1-3-4-5-11(25)28-12-9-6-10-13(12)27-8(2)16(10,7-9)15(26)29-14(17(19,20)21)18(22,23)24/h8-10,12-14H,3-7H2,1-2H3/t8-,9?,10?,12?,13?,16?/m1/s1. The van der Waals surface area contributed by atoms with Gasteiger partial charge in [0, 0.05) is 18.3 Å². The zero-order valence-corrected chi connectivity index (χ0v) is 15.8. The summed E-state index contributed by atoms with van der Waals surface area (Å²) < 4.78 is 92.0. The number of hydrogen-bond acceptors (Lipinski definition) is 5. The average Bonchev–Trinajstić information content (AvgIpc) is 3.18. The lowest BCUT2D eigenvalue weighted by Crippen LogP contribution is -2.52. The Bertz CT molecular complexity index is 648. The van der Waals surface area contributed by atoms with Gasteiger partial charge in [-0.15, -0.1) is 0 Å². The highest BCUT2D eigenvalue weighted by molar-refractivity contribution is 5.80. The summed E-state index contributed by atoms with van der Waals surface area (Å²) in [5, 5.41) is 0. The fourth-order valence-corrected chi connectivity index (χ4v) is 5.01. The highest BCUT2D eigenvalue weighted by atomic mass is 19.4. The van der Waals surface area contributed by atoms with Gasteiger partial charge in [-0.3, -0.25) is 9.59 Å². The molecular weight excluding hydrogens is 410 g/mol. The molecule has 0 amide bonds. The van der Waals surface area contributed by atoms with Crippen LogP contribution in [0.1, 0.15) is 46.0 Å². The molecule has 2 aliphatic carbocycles. The van der Waals surface area contributed by atoms with Crippen molar-refractivity contribution in [2.75, 3.05) is 0 Å². The van der Waals surface area contributed by atoms with Crippen molar-refractivity contribution >= 4 is 11.9 Å². The number of esters is 2. The molecule has 0 spiro atoms. The first kappa shape index (κ1) is 22.2. The van der Waals surface area contributed by atoms with Gasteiger partial charge in [0.25, 0.3) is 6.10 Å². The number of alkyl halides is 6. The number of carbonyl (C=O) groups is 2. The van der Waals surface area contributed by atoms with Crippen LogP contribution in [0.2, 0.25) is 0 Å². The number of rotatable bonds is 6. The number of unbranched alkanes of at least 4 members (excludes halogenated alkanes) is 1. The van der Waals surface area contributed by atoms with Gasteiger partial charge in [-0.2, -0.15) is 26.3 Å². The van der Waals surface area contributed by atoms with Crippen LogP contribution in [-0.2, 0) is 23.8 Å². The van der Waals surface area contributed by atoms with Gasteiger partial charge < -0.3 is 14.2 Å². The molecule has 0 aromatic heterocycles. The average molecular weight is 432 g/mol. The molecule has 1 aliphatic heterocycles. The number of fused-ring (bicyclic) bond motifs is 1. The first-order valence-corrected chi connectivity index (χ1v) is 9.51. The number of hydrogen-bond donors (Lipinski definition) is 0. The molecule has 3 aliphatic rings. The van der Waals surface area contributed by atoms with E-state index in [4.69, 9.17) is 9.47 Å². The summed E-state index contributed by atoms with van der Waals surface area (Å²) in [6, 6.07) is 0. The summed E-state index contributed by atoms with van der Waals surface area (Å²) in [5.41, 5.74) is -1.60. The van der Waals surface area contributed by atoms with Crippen molar-refractivity contribution in [2.45, 2.75) is 82.7 Å². The minimum atomic E-state index is -5.78. The molecule has 1 saturated heterocycles. The van der Waals surface area contributed by atoms with E-state index >= 15 is 0 Å². The normalized spacial score (nSPS) is 36.0. The number of ether oxygens (including phenoxy) is 3. The van der Waals surface area contributed by atoms with Crippen LogP contribution in [0.25, 0.3) is 0 Å². The Hall–Kier alpha value is -1.52. The highest BCUT2D eigenvalue weighted by Gasteiger charge is 2.74. The molecule has 1 heterocycles. The van der Waals surface area contributed by atoms with E-state index < -0.39 is 60.0 Å². The van der Waals surface area contributed by atoms with E-state index in [9.17, 15) is 35.9 Å². The second-order valence-electron chi connectivity index (χ2n) is 8.02. The van der Waals surface area contributed by atoms with Crippen molar-refractivity contribution in [3.63, 3.8) is 0 Å². The summed E-state index contributed by atoms with van der Waals surface area (Å²) in [6.45, 7) is 3.33. The first-order chi connectivity index (χ1) is 13.3. The summed E-state index contributed by atoms with van der Waals surface area (Å²) >= 11 is 0. The van der Waals surface area contributed by atoms with E-state index in [2.05, 4.69) is 4.74 Å². The SMILES string of the molecule is CCCCC(=O)OC1C2CC3C1O[C@H](C)C3(C(=O)OC(C(F)(F)F)C(F)(F)F)C2. The Morgan fingerprint density at radius 3 is 2.34 bits per heavy atom. The lowest BCUT2D eigenvalue weighted by Gasteiger charge is -2.35. The summed E-state index contributed by atoms with van der Waals surface area (Å²) in [4.78, 5) is 24.5. The summed E-state index contributed by atoms with van der Waals surface area (Å²) in [6.07, 6.45) is -16.2. The Labute approximate surface area is 163 Å². The van der Waals surface area contributed by atoms with Crippen LogP contribution in [0.4, 0.5) is 26.3 Å². The molecular formula is C18H22F6O5. The van der Waals surface area contributed by atoms with E-state index in [0.717, 1.165) is 6.42 Å². The molecule has 5 unspecified atom stereocenters. The van der Waals surface area contributed by atoms with Gasteiger partial charge in [0.2, 0.25) is 0 Å². The maximum atomic E-state index is 12.8. The van der Waals surface area contributed by atoms with Crippen molar-refractivity contribution in [3.8, 4) is 0 Å². The van der Waals surface area contributed by atoms with Crippen LogP contribution in [0, 0.1) is 17.3 Å². The number of halogens is 6. The topological polar surface area (TPSA) is 61.8 Å². The van der Waals surface area contributed by atoms with Gasteiger partial charge in [0.05, 0.1) is 17.6 Å². The largest absolute Gasteiger partial charge is 0.459 e. The van der Waals surface area contributed by atoms with Gasteiger partial charge in [-0.25, -0.2) is 0 Å². The molecule has 0 N–H and O–H groups in total. The third-order valence-corrected chi connectivity index (χ3v) is 6.29. The zero-order valence-electron chi connectivity index (χ0n) is 15.8. The fourth-order valence-electron chi connectivity index (χ4n) is 5.01. The molecule has 3 rings (SSSR count). The maximum Gasteiger partial charge on any atom is 0.434 e. The van der Waals surface area contributed by atoms with E-state index in [1.54, 1.807) is 0 Å². The van der Waals surface area contributed by atoms with Crippen molar-refractivity contribution < 1.29 is 50.1 Å². The third kappa shape index (κ3) is 3.70. The highest BCUT2D eigenvalue weighted by Crippen LogP contribution is 2.65. The molecule has 6 atom stereocenters. The lowest BCUT2D eigenvalue weighted by molar-refractivity contribution is -0.316. The molecule has 2 saturated carbocycles. The minimum Gasteiger partial charge on any atom is -0.459 e. The molecule has 0 aromatic carbocycles. The van der Waals surface area contributed by atoms with Crippen LogP contribution >= 0.6 is 0 Å². The Balaban J connectivity index is 1.76. The summed E-state index contributed by atoms with van der Waals surface area (Å²) in [7, 11) is 0. The zero-order chi connectivity index (χ0) is 21.8. The molecule has 5 nitrogen and oxygen atoms in total. The van der Waals surface area contributed by atoms with Gasteiger partial charge in [0.15, 0.2) is 0 Å². The van der Waals surface area contributed by atoms with Gasteiger partial charge in [0.1, 0.15) is 6.10 Å². The van der Waals surface area contributed by atoms with E-state index in [-0.39, 0.29) is 18.8 Å². The van der Waals surface area contributed by atoms with Crippen molar-refractivity contribution in [3.05, 3.63) is 0 Å². The molecule has 166 valence electrons. The number of carbonyl (C=O) groups excluding carboxylic acids is 2. The second kappa shape index (κ2) is 7.31. The first-order valence-electron chi connectivity index (χ1n) is 9.51. The molecule has 11 heteroatoms. The van der Waals surface area contributed by atoms with Crippen LogP contribution in [0.5, 0.6) is 0 Å². The second-order valence-corrected chi connectivity index (χ2v) is 8.02. The maximum absolute atomic E-state index is 12.8. The lowest BCUT2D eigenvalue weighted by atomic mass is 9.70. The van der Waals surface area contributed by atoms with Gasteiger partial charge >= 0.3 is 24.3 Å². The molecule has 2 bridgehead atoms. The predicted octanol–water partition coefficient (Wildman–Crippen LogP) is 3.94.